The molecule has 4 heteroatoms. The van der Waals surface area contributed by atoms with Gasteiger partial charge >= 0.3 is 12.0 Å². The average molecular weight is 140 g/mol. The van der Waals surface area contributed by atoms with Crippen LogP contribution in [-0.4, -0.2) is 15.9 Å². The summed E-state index contributed by atoms with van der Waals surface area (Å²) in [6.45, 7) is 1.73. The Hall–Kier alpha value is -1.32. The molecule has 54 valence electrons. The van der Waals surface area contributed by atoms with E-state index < -0.39 is 0 Å². The number of nitrogens with one attached hydrogen (secondary N) is 1. The molecule has 1 heterocycles. The van der Waals surface area contributed by atoms with Crippen molar-refractivity contribution in [3.63, 3.8) is 0 Å². The lowest BCUT2D eigenvalue weighted by Gasteiger charge is -1.94. The van der Waals surface area contributed by atoms with Crippen LogP contribution < -0.4 is 4.74 Å². The standard InChI is InChI=1S/C6H8N2O2/c1-2-5(9)10-6-7-3-4-8-6/h3-4H,2H2,1H3,(H,7,8). The van der Waals surface area contributed by atoms with Gasteiger partial charge < -0.3 is 9.72 Å². The second-order valence-corrected chi connectivity index (χ2v) is 1.72. The van der Waals surface area contributed by atoms with Crippen molar-refractivity contribution in [2.24, 2.45) is 0 Å². The molecule has 4 nitrogen and oxygen atoms in total. The van der Waals surface area contributed by atoms with E-state index in [0.717, 1.165) is 0 Å². The van der Waals surface area contributed by atoms with Crippen molar-refractivity contribution in [3.8, 4) is 6.01 Å². The second kappa shape index (κ2) is 3.00. The fourth-order valence-electron chi connectivity index (χ4n) is 0.487. The lowest BCUT2D eigenvalue weighted by molar-refractivity contribution is -0.134. The number of aromatic amines is 1. The Bertz CT molecular complexity index is 206. The third-order valence-electron chi connectivity index (χ3n) is 0.972. The molecule has 10 heavy (non-hydrogen) atoms. The van der Waals surface area contributed by atoms with Crippen molar-refractivity contribution in [3.05, 3.63) is 12.4 Å². The number of carbonyl (C=O) groups excluding carboxylic acids is 1. The molecule has 0 aliphatic rings. The predicted molar refractivity (Wildman–Crippen MR) is 34.5 cm³/mol. The highest BCUT2D eigenvalue weighted by atomic mass is 16.5. The van der Waals surface area contributed by atoms with Gasteiger partial charge in [-0.2, -0.15) is 0 Å². The van der Waals surface area contributed by atoms with Gasteiger partial charge in [-0.15, -0.1) is 0 Å². The molecular weight excluding hydrogens is 132 g/mol. The average Bonchev–Trinajstić information content (AvgIpc) is 2.40. The summed E-state index contributed by atoms with van der Waals surface area (Å²) in [7, 11) is 0. The van der Waals surface area contributed by atoms with Gasteiger partial charge in [0.2, 0.25) is 0 Å². The summed E-state index contributed by atoms with van der Waals surface area (Å²) in [5.74, 6) is -0.282. The van der Waals surface area contributed by atoms with Gasteiger partial charge in [0.15, 0.2) is 0 Å². The fraction of sp³-hybridized carbons (Fsp3) is 0.333. The second-order valence-electron chi connectivity index (χ2n) is 1.72. The third-order valence-corrected chi connectivity index (χ3v) is 0.972. The van der Waals surface area contributed by atoms with Crippen LogP contribution in [0.1, 0.15) is 13.3 Å². The molecule has 1 aromatic rings. The van der Waals surface area contributed by atoms with Gasteiger partial charge in [-0.25, -0.2) is 4.98 Å². The summed E-state index contributed by atoms with van der Waals surface area (Å²) in [5, 5.41) is 0. The van der Waals surface area contributed by atoms with Gasteiger partial charge in [0.05, 0.1) is 0 Å². The van der Waals surface area contributed by atoms with Gasteiger partial charge in [0.1, 0.15) is 0 Å². The highest BCUT2D eigenvalue weighted by Gasteiger charge is 2.00. The maximum absolute atomic E-state index is 10.6. The Morgan fingerprint density at radius 2 is 2.70 bits per heavy atom. The summed E-state index contributed by atoms with van der Waals surface area (Å²) in [5.41, 5.74) is 0. The highest BCUT2D eigenvalue weighted by molar-refractivity contribution is 5.70. The number of ether oxygens (including phenoxy) is 1. The first-order valence-corrected chi connectivity index (χ1v) is 3.03. The van der Waals surface area contributed by atoms with Crippen LogP contribution in [0.4, 0.5) is 0 Å². The van der Waals surface area contributed by atoms with Crippen LogP contribution in [0.15, 0.2) is 12.4 Å². The molecule has 0 spiro atoms. The summed E-state index contributed by atoms with van der Waals surface area (Å²) in [4.78, 5) is 17.0. The monoisotopic (exact) mass is 140 g/mol. The first-order chi connectivity index (χ1) is 4.83. The lowest BCUT2D eigenvalue weighted by Crippen LogP contribution is -2.06. The zero-order chi connectivity index (χ0) is 7.40. The van der Waals surface area contributed by atoms with Gasteiger partial charge in [0, 0.05) is 18.8 Å². The van der Waals surface area contributed by atoms with E-state index in [1.807, 2.05) is 0 Å². The number of aromatic nitrogens is 2. The van der Waals surface area contributed by atoms with Crippen LogP contribution in [0.2, 0.25) is 0 Å². The topological polar surface area (TPSA) is 55.0 Å². The molecule has 1 rings (SSSR count). The molecule has 0 unspecified atom stereocenters. The predicted octanol–water partition coefficient (Wildman–Crippen LogP) is 0.725. The minimum absolute atomic E-state index is 0.256. The van der Waals surface area contributed by atoms with E-state index in [1.165, 1.54) is 6.20 Å². The van der Waals surface area contributed by atoms with Crippen molar-refractivity contribution in [2.45, 2.75) is 13.3 Å². The number of imidazole rings is 1. The van der Waals surface area contributed by atoms with Crippen LogP contribution in [0.3, 0.4) is 0 Å². The third kappa shape index (κ3) is 1.58. The maximum Gasteiger partial charge on any atom is 0.313 e. The summed E-state index contributed by atoms with van der Waals surface area (Å²) in [6, 6.07) is 0.256. The van der Waals surface area contributed by atoms with Gasteiger partial charge in [0.25, 0.3) is 0 Å². The molecule has 1 N–H and O–H groups in total. The minimum Gasteiger partial charge on any atom is -0.392 e. The molecule has 0 saturated heterocycles. The van der Waals surface area contributed by atoms with Crippen molar-refractivity contribution in [1.82, 2.24) is 9.97 Å². The first kappa shape index (κ1) is 6.80. The van der Waals surface area contributed by atoms with Gasteiger partial charge in [-0.1, -0.05) is 6.92 Å². The Morgan fingerprint density at radius 1 is 1.90 bits per heavy atom. The number of nitrogens with zero attached hydrogens (tertiary/aromatic N) is 1. The number of hydrogen-bond acceptors (Lipinski definition) is 3. The Kier molecular flexibility index (Phi) is 2.04. The van der Waals surface area contributed by atoms with E-state index in [4.69, 9.17) is 4.74 Å². The molecular formula is C6H8N2O2. The maximum atomic E-state index is 10.6. The highest BCUT2D eigenvalue weighted by Crippen LogP contribution is 1.99. The number of rotatable bonds is 2. The van der Waals surface area contributed by atoms with E-state index in [1.54, 1.807) is 13.1 Å². The van der Waals surface area contributed by atoms with E-state index in [0.29, 0.717) is 6.42 Å². The summed E-state index contributed by atoms with van der Waals surface area (Å²) < 4.78 is 4.70. The van der Waals surface area contributed by atoms with Gasteiger partial charge in [-0.3, -0.25) is 4.79 Å². The number of hydrogen-bond donors (Lipinski definition) is 1. The van der Waals surface area contributed by atoms with Crippen molar-refractivity contribution < 1.29 is 9.53 Å². The summed E-state index contributed by atoms with van der Waals surface area (Å²) >= 11 is 0. The number of H-pyrrole nitrogens is 1. The molecule has 0 aliphatic carbocycles. The minimum atomic E-state index is -0.282. The fourth-order valence-corrected chi connectivity index (χ4v) is 0.487. The number of esters is 1. The van der Waals surface area contributed by atoms with Crippen LogP contribution in [-0.2, 0) is 4.79 Å². The molecule has 0 bridgehead atoms. The van der Waals surface area contributed by atoms with E-state index >= 15 is 0 Å². The quantitative estimate of drug-likeness (QED) is 0.616. The molecule has 0 atom stereocenters. The Balaban J connectivity index is 2.48. The smallest absolute Gasteiger partial charge is 0.313 e. The molecule has 0 aromatic carbocycles. The Morgan fingerprint density at radius 3 is 3.20 bits per heavy atom. The normalized spacial score (nSPS) is 9.30. The molecule has 0 amide bonds. The molecule has 0 radical (unpaired) electrons. The van der Waals surface area contributed by atoms with E-state index in [9.17, 15) is 4.79 Å². The molecule has 1 aromatic heterocycles. The number of carbonyl (C=O) groups is 1. The zero-order valence-corrected chi connectivity index (χ0v) is 5.63. The van der Waals surface area contributed by atoms with Gasteiger partial charge in [-0.05, 0) is 0 Å². The van der Waals surface area contributed by atoms with Crippen LogP contribution in [0.25, 0.3) is 0 Å². The molecule has 0 aliphatic heterocycles. The van der Waals surface area contributed by atoms with Crippen molar-refractivity contribution >= 4 is 5.97 Å². The molecule has 0 fully saturated rings. The van der Waals surface area contributed by atoms with E-state index in [2.05, 4.69) is 9.97 Å². The molecule has 0 saturated carbocycles. The first-order valence-electron chi connectivity index (χ1n) is 3.03. The largest absolute Gasteiger partial charge is 0.392 e. The summed E-state index contributed by atoms with van der Waals surface area (Å²) in [6.07, 6.45) is 3.48. The van der Waals surface area contributed by atoms with Crippen molar-refractivity contribution in [1.29, 1.82) is 0 Å². The van der Waals surface area contributed by atoms with Crippen LogP contribution in [0.5, 0.6) is 6.01 Å². The van der Waals surface area contributed by atoms with Crippen molar-refractivity contribution in [2.75, 3.05) is 0 Å². The Labute approximate surface area is 58.2 Å². The zero-order valence-electron chi connectivity index (χ0n) is 5.63. The lowest BCUT2D eigenvalue weighted by atomic mass is 10.5. The SMILES string of the molecule is CCC(=O)Oc1ncc[nH]1. The van der Waals surface area contributed by atoms with E-state index in [-0.39, 0.29) is 12.0 Å². The van der Waals surface area contributed by atoms with Crippen LogP contribution in [0, 0.1) is 0 Å². The van der Waals surface area contributed by atoms with Crippen LogP contribution >= 0.6 is 0 Å².